The van der Waals surface area contributed by atoms with E-state index in [9.17, 15) is 0 Å². The maximum Gasteiger partial charge on any atom is 0.184 e. The summed E-state index contributed by atoms with van der Waals surface area (Å²) in [4.78, 5) is 2.54. The number of allylic oxidation sites excluding steroid dienone is 8. The Kier molecular flexibility index (Phi) is 29.7. The summed E-state index contributed by atoms with van der Waals surface area (Å²) in [5.41, 5.74) is 1.01. The molecule has 1 aromatic carbocycles. The monoisotopic (exact) mass is 776 g/mol. The molecule has 2 aliphatic heterocycles. The van der Waals surface area contributed by atoms with Gasteiger partial charge in [-0.1, -0.05) is 146 Å². The minimum Gasteiger partial charge on any atom is -0.493 e. The van der Waals surface area contributed by atoms with Crippen LogP contribution < -0.4 is 9.47 Å². The van der Waals surface area contributed by atoms with Gasteiger partial charge in [-0.25, -0.2) is 0 Å². The highest BCUT2D eigenvalue weighted by atomic mass is 16.7. The molecule has 318 valence electrons. The average Bonchev–Trinajstić information content (AvgIpc) is 3.69. The molecule has 0 bridgehead atoms. The lowest BCUT2D eigenvalue weighted by molar-refractivity contribution is -0.0650. The lowest BCUT2D eigenvalue weighted by atomic mass is 10.1. The SMILES string of the molecule is CCCCC/C=C\C/C=C\CCCCCCCCOc1cc(OCCCCCCCC/C=C\C/C=C\CCCCC)cc(C2OCC(CN3CCCCC3)O2)c1. The van der Waals surface area contributed by atoms with Crippen molar-refractivity contribution < 1.29 is 18.9 Å². The van der Waals surface area contributed by atoms with Gasteiger partial charge in [-0.05, 0) is 115 Å². The van der Waals surface area contributed by atoms with Crippen molar-refractivity contribution in [3.63, 3.8) is 0 Å². The molecule has 5 nitrogen and oxygen atoms in total. The Morgan fingerprint density at radius 2 is 0.982 bits per heavy atom. The Labute approximate surface area is 345 Å². The molecule has 56 heavy (non-hydrogen) atoms. The summed E-state index contributed by atoms with van der Waals surface area (Å²) in [6, 6.07) is 6.28. The largest absolute Gasteiger partial charge is 0.493 e. The average molecular weight is 776 g/mol. The molecule has 5 heteroatoms. The summed E-state index contributed by atoms with van der Waals surface area (Å²) in [6.07, 6.45) is 52.4. The highest BCUT2D eigenvalue weighted by Crippen LogP contribution is 2.33. The second-order valence-corrected chi connectivity index (χ2v) is 16.4. The first-order valence-corrected chi connectivity index (χ1v) is 23.8. The number of likely N-dealkylation sites (tertiary alicyclic amines) is 1. The van der Waals surface area contributed by atoms with E-state index in [0.717, 1.165) is 62.5 Å². The van der Waals surface area contributed by atoms with E-state index in [2.05, 4.69) is 85.6 Å². The van der Waals surface area contributed by atoms with Crippen molar-refractivity contribution in [2.45, 2.75) is 200 Å². The van der Waals surface area contributed by atoms with Crippen molar-refractivity contribution in [2.75, 3.05) is 39.5 Å². The van der Waals surface area contributed by atoms with E-state index in [1.807, 2.05) is 0 Å². The quantitative estimate of drug-likeness (QED) is 0.0507. The minimum absolute atomic E-state index is 0.114. The summed E-state index contributed by atoms with van der Waals surface area (Å²) in [6.45, 7) is 9.94. The number of benzene rings is 1. The van der Waals surface area contributed by atoms with Crippen LogP contribution in [0.25, 0.3) is 0 Å². The topological polar surface area (TPSA) is 40.2 Å². The van der Waals surface area contributed by atoms with Gasteiger partial charge in [-0.3, -0.25) is 0 Å². The van der Waals surface area contributed by atoms with Crippen LogP contribution in [0.3, 0.4) is 0 Å². The molecule has 0 radical (unpaired) electrons. The molecule has 2 fully saturated rings. The van der Waals surface area contributed by atoms with Crippen LogP contribution in [0, 0.1) is 0 Å². The van der Waals surface area contributed by atoms with Gasteiger partial charge in [0.2, 0.25) is 0 Å². The van der Waals surface area contributed by atoms with Crippen LogP contribution in [0.4, 0.5) is 0 Å². The molecule has 0 aromatic heterocycles. The van der Waals surface area contributed by atoms with Gasteiger partial charge in [-0.15, -0.1) is 0 Å². The Bertz CT molecular complexity index is 1100. The fraction of sp³-hybridized carbons (Fsp3) is 0.725. The maximum atomic E-state index is 6.45. The van der Waals surface area contributed by atoms with Crippen LogP contribution in [0.1, 0.15) is 199 Å². The van der Waals surface area contributed by atoms with Gasteiger partial charge < -0.3 is 23.8 Å². The Hall–Kier alpha value is -2.34. The third-order valence-electron chi connectivity index (χ3n) is 11.1. The van der Waals surface area contributed by atoms with Crippen LogP contribution in [-0.2, 0) is 9.47 Å². The fourth-order valence-corrected chi connectivity index (χ4v) is 7.61. The summed E-state index contributed by atoms with van der Waals surface area (Å²) in [5.74, 6) is 1.73. The van der Waals surface area contributed by atoms with Crippen LogP contribution >= 0.6 is 0 Å². The highest BCUT2D eigenvalue weighted by molar-refractivity contribution is 5.39. The van der Waals surface area contributed by atoms with E-state index in [4.69, 9.17) is 18.9 Å². The molecule has 0 amide bonds. The zero-order valence-electron chi connectivity index (χ0n) is 36.4. The Morgan fingerprint density at radius 1 is 0.536 bits per heavy atom. The van der Waals surface area contributed by atoms with Crippen LogP contribution in [-0.4, -0.2) is 50.5 Å². The molecule has 0 spiro atoms. The molecule has 0 aliphatic carbocycles. The Morgan fingerprint density at radius 3 is 1.46 bits per heavy atom. The predicted molar refractivity (Wildman–Crippen MR) is 240 cm³/mol. The minimum atomic E-state index is -0.362. The first kappa shape index (κ1) is 48.0. The van der Waals surface area contributed by atoms with Gasteiger partial charge in [0, 0.05) is 18.2 Å². The fourth-order valence-electron chi connectivity index (χ4n) is 7.61. The lowest BCUT2D eigenvalue weighted by Crippen LogP contribution is -2.37. The smallest absolute Gasteiger partial charge is 0.184 e. The van der Waals surface area contributed by atoms with Gasteiger partial charge in [0.05, 0.1) is 25.9 Å². The van der Waals surface area contributed by atoms with Crippen LogP contribution in [0.5, 0.6) is 11.5 Å². The molecule has 0 N–H and O–H groups in total. The summed E-state index contributed by atoms with van der Waals surface area (Å²) >= 11 is 0. The zero-order valence-corrected chi connectivity index (χ0v) is 36.4. The lowest BCUT2D eigenvalue weighted by Gasteiger charge is -2.28. The second kappa shape index (κ2) is 34.7. The number of rotatable bonds is 35. The Balaban J connectivity index is 1.31. The van der Waals surface area contributed by atoms with Crippen LogP contribution in [0.15, 0.2) is 66.8 Å². The number of piperidine rings is 1. The van der Waals surface area contributed by atoms with Crippen molar-refractivity contribution in [1.82, 2.24) is 4.90 Å². The van der Waals surface area contributed by atoms with Crippen molar-refractivity contribution >= 4 is 0 Å². The molecule has 2 atom stereocenters. The van der Waals surface area contributed by atoms with E-state index in [1.54, 1.807) is 0 Å². The van der Waals surface area contributed by atoms with Crippen LogP contribution in [0.2, 0.25) is 0 Å². The van der Waals surface area contributed by atoms with Crippen molar-refractivity contribution in [2.24, 2.45) is 0 Å². The number of hydrogen-bond acceptors (Lipinski definition) is 5. The normalized spacial score (nSPS) is 18.1. The van der Waals surface area contributed by atoms with E-state index in [-0.39, 0.29) is 12.4 Å². The summed E-state index contributed by atoms with van der Waals surface area (Å²) in [7, 11) is 0. The van der Waals surface area contributed by atoms with E-state index >= 15 is 0 Å². The number of hydrogen-bond donors (Lipinski definition) is 0. The van der Waals surface area contributed by atoms with E-state index in [1.165, 1.54) is 161 Å². The molecule has 2 unspecified atom stereocenters. The molecule has 3 rings (SSSR count). The molecular weight excluding hydrogens is 691 g/mol. The molecular formula is C51H85NO4. The van der Waals surface area contributed by atoms with Crippen molar-refractivity contribution in [3.05, 3.63) is 72.4 Å². The standard InChI is InChI=1S/C51H85NO4/c1-3-5-7-9-11-13-15-17-19-21-23-25-27-29-31-36-40-53-48-42-47(51-55-46-50(56-51)45-52-38-34-33-35-39-52)43-49(44-48)54-41-37-32-30-28-26-24-22-20-18-16-14-12-10-8-6-4-2/h11-14,17-20,42-44,50-51H,3-10,15-16,21-41,45-46H2,1-2H3/b13-11-,14-12-,19-17-,20-18-. The van der Waals surface area contributed by atoms with Gasteiger partial charge >= 0.3 is 0 Å². The zero-order chi connectivity index (χ0) is 39.4. The van der Waals surface area contributed by atoms with E-state index in [0.29, 0.717) is 6.61 Å². The summed E-state index contributed by atoms with van der Waals surface area (Å²) in [5, 5.41) is 0. The number of ether oxygens (including phenoxy) is 4. The third kappa shape index (κ3) is 25.1. The first-order valence-electron chi connectivity index (χ1n) is 23.8. The third-order valence-corrected chi connectivity index (χ3v) is 11.1. The van der Waals surface area contributed by atoms with E-state index < -0.39 is 0 Å². The van der Waals surface area contributed by atoms with Gasteiger partial charge in [0.15, 0.2) is 6.29 Å². The van der Waals surface area contributed by atoms with Gasteiger partial charge in [0.25, 0.3) is 0 Å². The summed E-state index contributed by atoms with van der Waals surface area (Å²) < 4.78 is 25.3. The van der Waals surface area contributed by atoms with Crippen molar-refractivity contribution in [3.8, 4) is 11.5 Å². The predicted octanol–water partition coefficient (Wildman–Crippen LogP) is 15.0. The molecule has 2 heterocycles. The maximum absolute atomic E-state index is 6.45. The molecule has 1 aromatic rings. The number of nitrogens with zero attached hydrogens (tertiary/aromatic N) is 1. The van der Waals surface area contributed by atoms with Gasteiger partial charge in [0.1, 0.15) is 11.5 Å². The molecule has 2 saturated heterocycles. The highest BCUT2D eigenvalue weighted by Gasteiger charge is 2.30. The van der Waals surface area contributed by atoms with Crippen molar-refractivity contribution in [1.29, 1.82) is 0 Å². The molecule has 0 saturated carbocycles. The van der Waals surface area contributed by atoms with Gasteiger partial charge in [-0.2, -0.15) is 0 Å². The first-order chi connectivity index (χ1) is 27.8. The second-order valence-electron chi connectivity index (χ2n) is 16.4. The number of unbranched alkanes of at least 4 members (excludes halogenated alkanes) is 18. The molecule has 2 aliphatic rings.